The second kappa shape index (κ2) is 4.94. The maximum atomic E-state index is 6.37. The Morgan fingerprint density at radius 1 is 1.20 bits per heavy atom. The molecule has 2 N–H and O–H groups in total. The minimum Gasteiger partial charge on any atom is -0.486 e. The van der Waals surface area contributed by atoms with Crippen molar-refractivity contribution in [1.29, 1.82) is 0 Å². The van der Waals surface area contributed by atoms with Crippen LogP contribution in [0.4, 0.5) is 0 Å². The van der Waals surface area contributed by atoms with Crippen LogP contribution >= 0.6 is 0 Å². The molecule has 0 fully saturated rings. The SMILES string of the molecule is CCC(N)(CC)Cn1nnc2cc3c(cc21)OCCO3. The normalized spacial score (nSPS) is 14.8. The number of aromatic nitrogens is 3. The molecule has 1 aromatic heterocycles. The molecule has 0 spiro atoms. The molecule has 1 aromatic carbocycles. The van der Waals surface area contributed by atoms with Crippen LogP contribution in [0.5, 0.6) is 11.5 Å². The fraction of sp³-hybridized carbons (Fsp3) is 0.571. The third-order valence-electron chi connectivity index (χ3n) is 4.05. The van der Waals surface area contributed by atoms with E-state index < -0.39 is 0 Å². The van der Waals surface area contributed by atoms with Crippen molar-refractivity contribution in [2.75, 3.05) is 13.2 Å². The summed E-state index contributed by atoms with van der Waals surface area (Å²) in [6.45, 7) is 5.99. The lowest BCUT2D eigenvalue weighted by Gasteiger charge is -2.26. The van der Waals surface area contributed by atoms with Gasteiger partial charge in [0.05, 0.1) is 12.1 Å². The summed E-state index contributed by atoms with van der Waals surface area (Å²) in [7, 11) is 0. The number of fused-ring (bicyclic) bond motifs is 2. The Labute approximate surface area is 117 Å². The zero-order chi connectivity index (χ0) is 14.2. The van der Waals surface area contributed by atoms with Gasteiger partial charge in [0.15, 0.2) is 11.5 Å². The predicted octanol–water partition coefficient (Wildman–Crippen LogP) is 1.72. The van der Waals surface area contributed by atoms with E-state index in [4.69, 9.17) is 15.2 Å². The Morgan fingerprint density at radius 3 is 2.50 bits per heavy atom. The number of benzene rings is 1. The quantitative estimate of drug-likeness (QED) is 0.920. The van der Waals surface area contributed by atoms with Crippen LogP contribution in [0.25, 0.3) is 11.0 Å². The molecule has 2 heterocycles. The van der Waals surface area contributed by atoms with Crippen LogP contribution in [0, 0.1) is 0 Å². The van der Waals surface area contributed by atoms with E-state index in [1.54, 1.807) is 0 Å². The molecule has 3 rings (SSSR count). The highest BCUT2D eigenvalue weighted by Gasteiger charge is 2.23. The number of nitrogens with zero attached hydrogens (tertiary/aromatic N) is 3. The molecule has 0 bridgehead atoms. The van der Waals surface area contributed by atoms with Gasteiger partial charge in [-0.05, 0) is 12.8 Å². The molecule has 6 nitrogen and oxygen atoms in total. The van der Waals surface area contributed by atoms with Crippen LogP contribution in [0.3, 0.4) is 0 Å². The van der Waals surface area contributed by atoms with Crippen LogP contribution in [-0.4, -0.2) is 33.7 Å². The number of hydrogen-bond donors (Lipinski definition) is 1. The smallest absolute Gasteiger partial charge is 0.163 e. The molecule has 20 heavy (non-hydrogen) atoms. The van der Waals surface area contributed by atoms with Crippen molar-refractivity contribution in [2.24, 2.45) is 5.73 Å². The van der Waals surface area contributed by atoms with E-state index in [1.807, 2.05) is 16.8 Å². The first-order chi connectivity index (χ1) is 9.65. The van der Waals surface area contributed by atoms with Crippen LogP contribution in [0.1, 0.15) is 26.7 Å². The van der Waals surface area contributed by atoms with Crippen LogP contribution in [0.2, 0.25) is 0 Å². The Morgan fingerprint density at radius 2 is 1.85 bits per heavy atom. The average molecular weight is 276 g/mol. The maximum absolute atomic E-state index is 6.37. The Hall–Kier alpha value is -1.82. The number of ether oxygens (including phenoxy) is 2. The fourth-order valence-corrected chi connectivity index (χ4v) is 2.39. The molecule has 0 amide bonds. The summed E-state index contributed by atoms with van der Waals surface area (Å²) in [6, 6.07) is 3.82. The van der Waals surface area contributed by atoms with Crippen LogP contribution < -0.4 is 15.2 Å². The van der Waals surface area contributed by atoms with Crippen molar-refractivity contribution >= 4 is 11.0 Å². The van der Waals surface area contributed by atoms with E-state index in [0.717, 1.165) is 35.4 Å². The first-order valence-electron chi connectivity index (χ1n) is 7.07. The van der Waals surface area contributed by atoms with E-state index in [-0.39, 0.29) is 5.54 Å². The molecule has 0 radical (unpaired) electrons. The maximum Gasteiger partial charge on any atom is 0.163 e. The van der Waals surface area contributed by atoms with Crippen molar-refractivity contribution < 1.29 is 9.47 Å². The summed E-state index contributed by atoms with van der Waals surface area (Å²) in [5.41, 5.74) is 7.86. The zero-order valence-electron chi connectivity index (χ0n) is 11.9. The lowest BCUT2D eigenvalue weighted by atomic mass is 9.94. The molecule has 1 aliphatic rings. The van der Waals surface area contributed by atoms with Crippen molar-refractivity contribution in [2.45, 2.75) is 38.8 Å². The summed E-state index contributed by atoms with van der Waals surface area (Å²) < 4.78 is 13.0. The van der Waals surface area contributed by atoms with Gasteiger partial charge in [0.25, 0.3) is 0 Å². The number of hydrogen-bond acceptors (Lipinski definition) is 5. The second-order valence-electron chi connectivity index (χ2n) is 5.30. The molecule has 0 saturated heterocycles. The number of nitrogens with two attached hydrogens (primary N) is 1. The molecule has 0 aliphatic carbocycles. The van der Waals surface area contributed by atoms with Gasteiger partial charge in [0, 0.05) is 17.7 Å². The Kier molecular flexibility index (Phi) is 3.25. The van der Waals surface area contributed by atoms with E-state index >= 15 is 0 Å². The lowest BCUT2D eigenvalue weighted by Crippen LogP contribution is -2.43. The van der Waals surface area contributed by atoms with E-state index in [9.17, 15) is 0 Å². The minimum atomic E-state index is -0.256. The zero-order valence-corrected chi connectivity index (χ0v) is 11.9. The molecular weight excluding hydrogens is 256 g/mol. The Balaban J connectivity index is 2.00. The summed E-state index contributed by atoms with van der Waals surface area (Å²) in [5.74, 6) is 1.49. The molecule has 108 valence electrons. The highest BCUT2D eigenvalue weighted by Crippen LogP contribution is 2.34. The third kappa shape index (κ3) is 2.20. The summed E-state index contributed by atoms with van der Waals surface area (Å²) in [5, 5.41) is 8.42. The first-order valence-corrected chi connectivity index (χ1v) is 7.07. The van der Waals surface area contributed by atoms with Crippen molar-refractivity contribution in [3.05, 3.63) is 12.1 Å². The highest BCUT2D eigenvalue weighted by molar-refractivity contribution is 5.79. The number of rotatable bonds is 4. The highest BCUT2D eigenvalue weighted by atomic mass is 16.6. The summed E-state index contributed by atoms with van der Waals surface area (Å²) >= 11 is 0. The van der Waals surface area contributed by atoms with Gasteiger partial charge in [-0.15, -0.1) is 5.10 Å². The van der Waals surface area contributed by atoms with Crippen LogP contribution in [-0.2, 0) is 6.54 Å². The third-order valence-corrected chi connectivity index (χ3v) is 4.05. The molecule has 0 unspecified atom stereocenters. The molecule has 0 atom stereocenters. The monoisotopic (exact) mass is 276 g/mol. The predicted molar refractivity (Wildman–Crippen MR) is 76.0 cm³/mol. The minimum absolute atomic E-state index is 0.256. The Bertz CT molecular complexity index is 619. The van der Waals surface area contributed by atoms with E-state index in [0.29, 0.717) is 19.8 Å². The van der Waals surface area contributed by atoms with Crippen LogP contribution in [0.15, 0.2) is 12.1 Å². The standard InChI is InChI=1S/C14H20N4O2/c1-3-14(15,4-2)9-18-11-8-13-12(19-5-6-20-13)7-10(11)16-17-18/h7-8H,3-6,9,15H2,1-2H3. The van der Waals surface area contributed by atoms with Gasteiger partial charge in [-0.25, -0.2) is 4.68 Å². The van der Waals surface area contributed by atoms with Gasteiger partial charge in [-0.3, -0.25) is 0 Å². The van der Waals surface area contributed by atoms with Gasteiger partial charge in [-0.1, -0.05) is 19.1 Å². The largest absolute Gasteiger partial charge is 0.486 e. The van der Waals surface area contributed by atoms with Gasteiger partial charge >= 0.3 is 0 Å². The van der Waals surface area contributed by atoms with Gasteiger partial charge in [-0.2, -0.15) is 0 Å². The van der Waals surface area contributed by atoms with Crippen molar-refractivity contribution in [3.8, 4) is 11.5 Å². The van der Waals surface area contributed by atoms with E-state index in [2.05, 4.69) is 24.2 Å². The first kappa shape index (κ1) is 13.2. The van der Waals surface area contributed by atoms with Gasteiger partial charge in [0.1, 0.15) is 18.7 Å². The molecule has 2 aromatic rings. The fourth-order valence-electron chi connectivity index (χ4n) is 2.39. The topological polar surface area (TPSA) is 75.2 Å². The molecule has 1 aliphatic heterocycles. The summed E-state index contributed by atoms with van der Waals surface area (Å²) in [4.78, 5) is 0. The van der Waals surface area contributed by atoms with E-state index in [1.165, 1.54) is 0 Å². The van der Waals surface area contributed by atoms with Crippen molar-refractivity contribution in [3.63, 3.8) is 0 Å². The van der Waals surface area contributed by atoms with Gasteiger partial charge in [0.2, 0.25) is 0 Å². The second-order valence-corrected chi connectivity index (χ2v) is 5.30. The average Bonchev–Trinajstić information content (AvgIpc) is 2.87. The molecule has 6 heteroatoms. The van der Waals surface area contributed by atoms with Crippen molar-refractivity contribution in [1.82, 2.24) is 15.0 Å². The summed E-state index contributed by atoms with van der Waals surface area (Å²) in [6.07, 6.45) is 1.80. The molecular formula is C14H20N4O2. The van der Waals surface area contributed by atoms with Gasteiger partial charge < -0.3 is 15.2 Å². The lowest BCUT2D eigenvalue weighted by molar-refractivity contribution is 0.172. The molecule has 0 saturated carbocycles.